The fraction of sp³-hybridized carbons (Fsp3) is 0.571. The first-order chi connectivity index (χ1) is 8.66. The van der Waals surface area contributed by atoms with Gasteiger partial charge in [-0.25, -0.2) is 8.42 Å². The molecular formula is C14H22N2O2S. The molecule has 0 spiro atoms. The molecular weight excluding hydrogens is 260 g/mol. The summed E-state index contributed by atoms with van der Waals surface area (Å²) in [7, 11) is -3.45. The molecule has 1 saturated heterocycles. The number of sulfonamides is 1. The van der Waals surface area contributed by atoms with E-state index in [0.29, 0.717) is 17.1 Å². The lowest BCUT2D eigenvalue weighted by molar-refractivity contribution is 0.291. The summed E-state index contributed by atoms with van der Waals surface area (Å²) in [4.78, 5) is 0.308. The van der Waals surface area contributed by atoms with Gasteiger partial charge in [0.25, 0.3) is 0 Å². The molecule has 0 atom stereocenters. The number of nitrogen functional groups attached to an aromatic ring is 1. The van der Waals surface area contributed by atoms with Crippen molar-refractivity contribution >= 4 is 15.7 Å². The van der Waals surface area contributed by atoms with Crippen molar-refractivity contribution in [1.29, 1.82) is 0 Å². The first-order valence-electron chi connectivity index (χ1n) is 6.56. The summed E-state index contributed by atoms with van der Waals surface area (Å²) in [6.45, 7) is 8.33. The molecule has 1 aliphatic rings. The molecule has 1 aliphatic heterocycles. The number of rotatable bonds is 2. The van der Waals surface area contributed by atoms with Crippen LogP contribution in [0, 0.1) is 13.8 Å². The van der Waals surface area contributed by atoms with Crippen LogP contribution in [0.3, 0.4) is 0 Å². The third kappa shape index (κ3) is 2.37. The van der Waals surface area contributed by atoms with Crippen LogP contribution in [-0.4, -0.2) is 24.8 Å². The molecule has 0 unspecified atom stereocenters. The number of nitrogens with two attached hydrogens (primary N) is 1. The Morgan fingerprint density at radius 2 is 1.89 bits per heavy atom. The van der Waals surface area contributed by atoms with Gasteiger partial charge in [-0.3, -0.25) is 0 Å². The van der Waals surface area contributed by atoms with E-state index in [2.05, 4.69) is 0 Å². The molecule has 0 amide bonds. The second-order valence-electron chi connectivity index (χ2n) is 5.95. The van der Waals surface area contributed by atoms with E-state index >= 15 is 0 Å². The largest absolute Gasteiger partial charge is 0.398 e. The second kappa shape index (κ2) is 4.49. The van der Waals surface area contributed by atoms with Gasteiger partial charge in [-0.2, -0.15) is 4.31 Å². The lowest BCUT2D eigenvalue weighted by Gasteiger charge is -2.30. The van der Waals surface area contributed by atoms with E-state index < -0.39 is 10.0 Å². The molecule has 0 aliphatic carbocycles. The molecule has 0 saturated carbocycles. The summed E-state index contributed by atoms with van der Waals surface area (Å²) in [5.41, 5.74) is 7.98. The molecule has 5 heteroatoms. The summed E-state index contributed by atoms with van der Waals surface area (Å²) in [5.74, 6) is 0. The number of aryl methyl sites for hydroxylation is 1. The molecule has 2 rings (SSSR count). The Bertz CT molecular complexity index is 583. The minimum absolute atomic E-state index is 0.308. The second-order valence-corrected chi connectivity index (χ2v) is 7.81. The van der Waals surface area contributed by atoms with Gasteiger partial charge < -0.3 is 5.73 Å². The lowest BCUT2D eigenvalue weighted by atomic mass is 10.0. The molecule has 1 aromatic rings. The predicted molar refractivity (Wildman–Crippen MR) is 77.5 cm³/mol. The molecule has 1 fully saturated rings. The quantitative estimate of drug-likeness (QED) is 0.847. The van der Waals surface area contributed by atoms with Crippen molar-refractivity contribution in [2.24, 2.45) is 0 Å². The fourth-order valence-corrected chi connectivity index (χ4v) is 4.62. The summed E-state index contributed by atoms with van der Waals surface area (Å²) < 4.78 is 27.1. The summed E-state index contributed by atoms with van der Waals surface area (Å²) in [5, 5.41) is 0. The van der Waals surface area contributed by atoms with Crippen LogP contribution in [0.15, 0.2) is 17.0 Å². The predicted octanol–water partition coefficient (Wildman–Crippen LogP) is 2.45. The maximum atomic E-state index is 12.7. The maximum absolute atomic E-state index is 12.7. The minimum atomic E-state index is -3.45. The average Bonchev–Trinajstić information content (AvgIpc) is 2.65. The third-order valence-electron chi connectivity index (χ3n) is 4.09. The Balaban J connectivity index is 2.52. The number of benzene rings is 1. The van der Waals surface area contributed by atoms with Gasteiger partial charge in [-0.15, -0.1) is 0 Å². The van der Waals surface area contributed by atoms with Crippen LogP contribution in [0.5, 0.6) is 0 Å². The Morgan fingerprint density at radius 1 is 1.26 bits per heavy atom. The van der Waals surface area contributed by atoms with E-state index in [1.165, 1.54) is 0 Å². The van der Waals surface area contributed by atoms with Crippen LogP contribution in [0.4, 0.5) is 5.69 Å². The summed E-state index contributed by atoms with van der Waals surface area (Å²) in [6, 6.07) is 3.29. The van der Waals surface area contributed by atoms with Crippen molar-refractivity contribution in [3.8, 4) is 0 Å². The van der Waals surface area contributed by atoms with Crippen molar-refractivity contribution in [2.45, 2.75) is 51.0 Å². The Hall–Kier alpha value is -1.07. The van der Waals surface area contributed by atoms with Crippen molar-refractivity contribution < 1.29 is 8.42 Å². The summed E-state index contributed by atoms with van der Waals surface area (Å²) in [6.07, 6.45) is 1.80. The average molecular weight is 282 g/mol. The van der Waals surface area contributed by atoms with Crippen LogP contribution < -0.4 is 5.73 Å². The van der Waals surface area contributed by atoms with Gasteiger partial charge >= 0.3 is 0 Å². The third-order valence-corrected chi connectivity index (χ3v) is 6.18. The zero-order chi connectivity index (χ0) is 14.4. The molecule has 1 heterocycles. The van der Waals surface area contributed by atoms with E-state index in [0.717, 1.165) is 24.0 Å². The molecule has 0 radical (unpaired) electrons. The molecule has 1 aromatic carbocycles. The Labute approximate surface area is 115 Å². The minimum Gasteiger partial charge on any atom is -0.398 e. The highest BCUT2D eigenvalue weighted by Crippen LogP contribution is 2.35. The fourth-order valence-electron chi connectivity index (χ4n) is 2.66. The maximum Gasteiger partial charge on any atom is 0.243 e. The van der Waals surface area contributed by atoms with E-state index in [4.69, 9.17) is 5.73 Å². The smallest absolute Gasteiger partial charge is 0.243 e. The Kier molecular flexibility index (Phi) is 3.39. The van der Waals surface area contributed by atoms with E-state index in [1.54, 1.807) is 16.4 Å². The zero-order valence-corrected chi connectivity index (χ0v) is 12.8. The number of nitrogens with zero attached hydrogens (tertiary/aromatic N) is 1. The normalized spacial score (nSPS) is 19.8. The molecule has 4 nitrogen and oxygen atoms in total. The van der Waals surface area contributed by atoms with Crippen molar-refractivity contribution in [3.63, 3.8) is 0 Å². The van der Waals surface area contributed by atoms with Crippen LogP contribution in [0.2, 0.25) is 0 Å². The first kappa shape index (κ1) is 14.3. The van der Waals surface area contributed by atoms with Gasteiger partial charge in [-0.05, 0) is 63.8 Å². The van der Waals surface area contributed by atoms with Crippen molar-refractivity contribution in [2.75, 3.05) is 12.3 Å². The molecule has 0 bridgehead atoms. The molecule has 0 aromatic heterocycles. The zero-order valence-electron chi connectivity index (χ0n) is 12.0. The topological polar surface area (TPSA) is 63.4 Å². The SMILES string of the molecule is Cc1cc(S(=O)(=O)N2CCCC2(C)C)cc(N)c1C. The highest BCUT2D eigenvalue weighted by Gasteiger charge is 2.40. The number of hydrogen-bond acceptors (Lipinski definition) is 3. The van der Waals surface area contributed by atoms with Crippen LogP contribution >= 0.6 is 0 Å². The first-order valence-corrected chi connectivity index (χ1v) is 8.00. The van der Waals surface area contributed by atoms with Crippen LogP contribution in [0.1, 0.15) is 37.8 Å². The van der Waals surface area contributed by atoms with Gasteiger partial charge in [0.1, 0.15) is 0 Å². The van der Waals surface area contributed by atoms with Gasteiger partial charge in [-0.1, -0.05) is 0 Å². The van der Waals surface area contributed by atoms with E-state index in [1.807, 2.05) is 27.7 Å². The molecule has 2 N–H and O–H groups in total. The van der Waals surface area contributed by atoms with Crippen LogP contribution in [-0.2, 0) is 10.0 Å². The van der Waals surface area contributed by atoms with Crippen LogP contribution in [0.25, 0.3) is 0 Å². The van der Waals surface area contributed by atoms with E-state index in [-0.39, 0.29) is 5.54 Å². The Morgan fingerprint density at radius 3 is 2.37 bits per heavy atom. The van der Waals surface area contributed by atoms with Crippen molar-refractivity contribution in [3.05, 3.63) is 23.3 Å². The standard InChI is InChI=1S/C14H22N2O2S/c1-10-8-12(9-13(15)11(10)2)19(17,18)16-7-5-6-14(16,3)4/h8-9H,5-7,15H2,1-4H3. The molecule has 106 valence electrons. The van der Waals surface area contributed by atoms with E-state index in [9.17, 15) is 8.42 Å². The number of anilines is 1. The van der Waals surface area contributed by atoms with Crippen molar-refractivity contribution in [1.82, 2.24) is 4.31 Å². The lowest BCUT2D eigenvalue weighted by Crippen LogP contribution is -2.42. The molecule has 19 heavy (non-hydrogen) atoms. The van der Waals surface area contributed by atoms with Gasteiger partial charge in [0.05, 0.1) is 4.90 Å². The highest BCUT2D eigenvalue weighted by atomic mass is 32.2. The number of hydrogen-bond donors (Lipinski definition) is 1. The van der Waals surface area contributed by atoms with Gasteiger partial charge in [0.15, 0.2) is 0 Å². The summed E-state index contributed by atoms with van der Waals surface area (Å²) >= 11 is 0. The monoisotopic (exact) mass is 282 g/mol. The highest BCUT2D eigenvalue weighted by molar-refractivity contribution is 7.89. The van der Waals surface area contributed by atoms with Gasteiger partial charge in [0, 0.05) is 17.8 Å². The van der Waals surface area contributed by atoms with Gasteiger partial charge in [0.2, 0.25) is 10.0 Å².